The molecule has 146 valence electrons. The van der Waals surface area contributed by atoms with Gasteiger partial charge in [0.2, 0.25) is 0 Å². The molecule has 1 saturated carbocycles. The summed E-state index contributed by atoms with van der Waals surface area (Å²) in [6.07, 6.45) is 2.57. The first-order chi connectivity index (χ1) is 12.8. The number of halogens is 4. The molecule has 1 nitrogen and oxygen atoms in total. The van der Waals surface area contributed by atoms with E-state index in [1.807, 2.05) is 24.3 Å². The maximum Gasteiger partial charge on any atom is 0.573 e. The molecule has 3 rings (SSSR count). The second kappa shape index (κ2) is 8.32. The standard InChI is InChI=1S/C22H24F4O/c1-15-2-4-16(5-3-15)6-7-17-8-10-18(11-9-17)19-12-13-21(20(23)14-19)27-22(24,25)26/h8-16H,2-7H2,1H3. The first-order valence-corrected chi connectivity index (χ1v) is 9.45. The van der Waals surface area contributed by atoms with Gasteiger partial charge in [-0.2, -0.15) is 0 Å². The van der Waals surface area contributed by atoms with Crippen LogP contribution in [0.5, 0.6) is 5.75 Å². The molecule has 1 fully saturated rings. The van der Waals surface area contributed by atoms with Crippen LogP contribution in [0.25, 0.3) is 11.1 Å². The summed E-state index contributed by atoms with van der Waals surface area (Å²) < 4.78 is 54.2. The second-order valence-corrected chi connectivity index (χ2v) is 7.55. The summed E-state index contributed by atoms with van der Waals surface area (Å²) in [4.78, 5) is 0. The van der Waals surface area contributed by atoms with Gasteiger partial charge in [-0.1, -0.05) is 62.9 Å². The molecule has 0 atom stereocenters. The van der Waals surface area contributed by atoms with E-state index >= 15 is 0 Å². The third-order valence-electron chi connectivity index (χ3n) is 5.42. The highest BCUT2D eigenvalue weighted by atomic mass is 19.4. The largest absolute Gasteiger partial charge is 0.573 e. The summed E-state index contributed by atoms with van der Waals surface area (Å²) >= 11 is 0. The second-order valence-electron chi connectivity index (χ2n) is 7.55. The average Bonchev–Trinajstić information content (AvgIpc) is 2.62. The number of aryl methyl sites for hydroxylation is 1. The van der Waals surface area contributed by atoms with Gasteiger partial charge in [0.1, 0.15) is 0 Å². The number of rotatable bonds is 5. The van der Waals surface area contributed by atoms with Crippen molar-refractivity contribution in [3.05, 3.63) is 53.8 Å². The van der Waals surface area contributed by atoms with Gasteiger partial charge in [-0.3, -0.25) is 0 Å². The van der Waals surface area contributed by atoms with Gasteiger partial charge in [-0.15, -0.1) is 13.2 Å². The molecule has 0 aliphatic heterocycles. The minimum absolute atomic E-state index is 0.523. The van der Waals surface area contributed by atoms with Crippen molar-refractivity contribution in [2.24, 2.45) is 11.8 Å². The van der Waals surface area contributed by atoms with Gasteiger partial charge in [-0.05, 0) is 53.5 Å². The van der Waals surface area contributed by atoms with Gasteiger partial charge >= 0.3 is 6.36 Å². The highest BCUT2D eigenvalue weighted by molar-refractivity contribution is 5.64. The molecule has 0 bridgehead atoms. The predicted octanol–water partition coefficient (Wildman–Crippen LogP) is 7.15. The molecule has 0 spiro atoms. The monoisotopic (exact) mass is 380 g/mol. The van der Waals surface area contributed by atoms with Crippen molar-refractivity contribution >= 4 is 0 Å². The number of hydrogen-bond donors (Lipinski definition) is 0. The fourth-order valence-corrected chi connectivity index (χ4v) is 3.74. The lowest BCUT2D eigenvalue weighted by Gasteiger charge is -2.26. The van der Waals surface area contributed by atoms with Crippen molar-refractivity contribution in [3.63, 3.8) is 0 Å². The number of benzene rings is 2. The Morgan fingerprint density at radius 3 is 2.15 bits per heavy atom. The van der Waals surface area contributed by atoms with Crippen molar-refractivity contribution in [2.45, 2.75) is 51.8 Å². The van der Waals surface area contributed by atoms with E-state index in [0.717, 1.165) is 36.0 Å². The zero-order valence-electron chi connectivity index (χ0n) is 15.4. The van der Waals surface area contributed by atoms with Crippen molar-refractivity contribution in [3.8, 4) is 16.9 Å². The van der Waals surface area contributed by atoms with Crippen LogP contribution in [-0.4, -0.2) is 6.36 Å². The van der Waals surface area contributed by atoms with Crippen LogP contribution in [0.2, 0.25) is 0 Å². The van der Waals surface area contributed by atoms with E-state index in [1.165, 1.54) is 43.7 Å². The van der Waals surface area contributed by atoms with E-state index in [4.69, 9.17) is 0 Å². The molecule has 2 aromatic carbocycles. The predicted molar refractivity (Wildman–Crippen MR) is 98.0 cm³/mol. The van der Waals surface area contributed by atoms with Gasteiger partial charge < -0.3 is 4.74 Å². The van der Waals surface area contributed by atoms with Gasteiger partial charge in [0.15, 0.2) is 11.6 Å². The zero-order valence-corrected chi connectivity index (χ0v) is 15.4. The van der Waals surface area contributed by atoms with Crippen LogP contribution < -0.4 is 4.74 Å². The lowest BCUT2D eigenvalue weighted by Crippen LogP contribution is -2.17. The lowest BCUT2D eigenvalue weighted by molar-refractivity contribution is -0.275. The average molecular weight is 380 g/mol. The van der Waals surface area contributed by atoms with Crippen LogP contribution >= 0.6 is 0 Å². The topological polar surface area (TPSA) is 9.23 Å². The van der Waals surface area contributed by atoms with E-state index in [9.17, 15) is 17.6 Å². The first-order valence-electron chi connectivity index (χ1n) is 9.45. The van der Waals surface area contributed by atoms with Crippen LogP contribution in [0.3, 0.4) is 0 Å². The molecule has 0 amide bonds. The van der Waals surface area contributed by atoms with E-state index in [1.54, 1.807) is 0 Å². The molecule has 0 heterocycles. The van der Waals surface area contributed by atoms with E-state index < -0.39 is 17.9 Å². The Labute approximate surface area is 157 Å². The molecule has 0 saturated heterocycles. The maximum atomic E-state index is 13.9. The zero-order chi connectivity index (χ0) is 19.4. The Morgan fingerprint density at radius 1 is 0.926 bits per heavy atom. The Balaban J connectivity index is 1.60. The van der Waals surface area contributed by atoms with Crippen LogP contribution in [-0.2, 0) is 6.42 Å². The van der Waals surface area contributed by atoms with Crippen LogP contribution in [0.15, 0.2) is 42.5 Å². The number of alkyl halides is 3. The molecule has 5 heteroatoms. The van der Waals surface area contributed by atoms with Crippen molar-refractivity contribution in [1.29, 1.82) is 0 Å². The molecule has 1 aliphatic rings. The van der Waals surface area contributed by atoms with Crippen LogP contribution in [0.1, 0.15) is 44.6 Å². The van der Waals surface area contributed by atoms with Crippen LogP contribution in [0.4, 0.5) is 17.6 Å². The highest BCUT2D eigenvalue weighted by Gasteiger charge is 2.32. The fraction of sp³-hybridized carbons (Fsp3) is 0.455. The summed E-state index contributed by atoms with van der Waals surface area (Å²) in [5.74, 6) is -0.185. The molecule has 2 aromatic rings. The lowest BCUT2D eigenvalue weighted by atomic mass is 9.80. The Kier molecular flexibility index (Phi) is 6.08. The summed E-state index contributed by atoms with van der Waals surface area (Å²) in [7, 11) is 0. The SMILES string of the molecule is CC1CCC(CCc2ccc(-c3ccc(OC(F)(F)F)c(F)c3)cc2)CC1. The normalized spacial score (nSPS) is 20.5. The summed E-state index contributed by atoms with van der Waals surface area (Å²) in [6.45, 7) is 2.32. The third-order valence-corrected chi connectivity index (χ3v) is 5.42. The Morgan fingerprint density at radius 2 is 1.56 bits per heavy atom. The molecule has 27 heavy (non-hydrogen) atoms. The Bertz CT molecular complexity index is 744. The van der Waals surface area contributed by atoms with Crippen molar-refractivity contribution in [1.82, 2.24) is 0 Å². The molecular formula is C22H24F4O. The molecule has 0 radical (unpaired) electrons. The fourth-order valence-electron chi connectivity index (χ4n) is 3.74. The molecule has 0 aromatic heterocycles. The smallest absolute Gasteiger partial charge is 0.403 e. The molecule has 1 aliphatic carbocycles. The number of hydrogen-bond acceptors (Lipinski definition) is 1. The maximum absolute atomic E-state index is 13.9. The molecular weight excluding hydrogens is 356 g/mol. The molecule has 0 unspecified atom stereocenters. The number of ether oxygens (including phenoxy) is 1. The van der Waals surface area contributed by atoms with Gasteiger partial charge in [0, 0.05) is 0 Å². The summed E-state index contributed by atoms with van der Waals surface area (Å²) in [5.41, 5.74) is 2.52. The molecule has 0 N–H and O–H groups in total. The minimum Gasteiger partial charge on any atom is -0.403 e. The highest BCUT2D eigenvalue weighted by Crippen LogP contribution is 2.32. The summed E-state index contributed by atoms with van der Waals surface area (Å²) in [6, 6.07) is 11.3. The van der Waals surface area contributed by atoms with Gasteiger partial charge in [-0.25, -0.2) is 4.39 Å². The summed E-state index contributed by atoms with van der Waals surface area (Å²) in [5, 5.41) is 0. The van der Waals surface area contributed by atoms with Gasteiger partial charge in [0.25, 0.3) is 0 Å². The van der Waals surface area contributed by atoms with E-state index in [0.29, 0.717) is 5.56 Å². The van der Waals surface area contributed by atoms with E-state index in [-0.39, 0.29) is 0 Å². The minimum atomic E-state index is -4.90. The van der Waals surface area contributed by atoms with Crippen molar-refractivity contribution in [2.75, 3.05) is 0 Å². The van der Waals surface area contributed by atoms with Crippen molar-refractivity contribution < 1.29 is 22.3 Å². The quantitative estimate of drug-likeness (QED) is 0.501. The van der Waals surface area contributed by atoms with Gasteiger partial charge in [0.05, 0.1) is 0 Å². The van der Waals surface area contributed by atoms with E-state index in [2.05, 4.69) is 11.7 Å². The third kappa shape index (κ3) is 5.72. The first kappa shape index (κ1) is 19.7. The van der Waals surface area contributed by atoms with Crippen LogP contribution in [0, 0.1) is 17.7 Å². The Hall–Kier alpha value is -2.04.